The standard InChI is InChI=1S/C31H26N2O4/c1-21-12-14-24(15-13-21)29(34)27-28(33(31(36)30(27)35)19-23-9-6-16-32-18-23)25-10-5-11-26(17-25)37-20-22-7-3-2-4-8-22/h2-18,28,34H,19-20H2,1H3/t28-/m0/s1. The number of hydrogen-bond acceptors (Lipinski definition) is 5. The Morgan fingerprint density at radius 3 is 2.41 bits per heavy atom. The van der Waals surface area contributed by atoms with Crippen LogP contribution in [0.2, 0.25) is 0 Å². The third kappa shape index (κ3) is 5.14. The van der Waals surface area contributed by atoms with Crippen molar-refractivity contribution in [2.24, 2.45) is 0 Å². The van der Waals surface area contributed by atoms with Gasteiger partial charge in [-0.05, 0) is 41.8 Å². The predicted octanol–water partition coefficient (Wildman–Crippen LogP) is 5.59. The maximum atomic E-state index is 13.3. The number of nitrogens with zero attached hydrogens (tertiary/aromatic N) is 2. The number of likely N-dealkylation sites (tertiary alicyclic amines) is 1. The van der Waals surface area contributed by atoms with Crippen LogP contribution in [0.4, 0.5) is 0 Å². The van der Waals surface area contributed by atoms with Gasteiger partial charge in [-0.2, -0.15) is 0 Å². The number of aromatic nitrogens is 1. The van der Waals surface area contributed by atoms with Crippen LogP contribution in [0, 0.1) is 6.92 Å². The fourth-order valence-electron chi connectivity index (χ4n) is 4.46. The number of amides is 1. The lowest BCUT2D eigenvalue weighted by atomic mass is 9.94. The Kier molecular flexibility index (Phi) is 6.81. The Balaban J connectivity index is 1.56. The first kappa shape index (κ1) is 24.0. The quantitative estimate of drug-likeness (QED) is 0.208. The van der Waals surface area contributed by atoms with Gasteiger partial charge in [0.2, 0.25) is 0 Å². The van der Waals surface area contributed by atoms with Gasteiger partial charge in [0.25, 0.3) is 11.7 Å². The number of hydrogen-bond donors (Lipinski definition) is 1. The van der Waals surface area contributed by atoms with Gasteiger partial charge < -0.3 is 14.7 Å². The number of ether oxygens (including phenoxy) is 1. The smallest absolute Gasteiger partial charge is 0.295 e. The van der Waals surface area contributed by atoms with Crippen LogP contribution in [0.5, 0.6) is 5.75 Å². The minimum Gasteiger partial charge on any atom is -0.507 e. The van der Waals surface area contributed by atoms with Gasteiger partial charge in [0.05, 0.1) is 11.6 Å². The van der Waals surface area contributed by atoms with E-state index in [2.05, 4.69) is 4.98 Å². The average molecular weight is 491 g/mol. The molecule has 1 fully saturated rings. The van der Waals surface area contributed by atoms with E-state index < -0.39 is 17.7 Å². The number of ketones is 1. The van der Waals surface area contributed by atoms with Crippen LogP contribution in [0.3, 0.4) is 0 Å². The highest BCUT2D eigenvalue weighted by atomic mass is 16.5. The van der Waals surface area contributed by atoms with E-state index in [4.69, 9.17) is 4.74 Å². The Hall–Kier alpha value is -4.71. The molecular formula is C31H26N2O4. The number of carbonyl (C=O) groups is 2. The fourth-order valence-corrected chi connectivity index (χ4v) is 4.46. The molecule has 5 rings (SSSR count). The molecule has 6 nitrogen and oxygen atoms in total. The summed E-state index contributed by atoms with van der Waals surface area (Å²) >= 11 is 0. The van der Waals surface area contributed by atoms with E-state index in [1.54, 1.807) is 30.6 Å². The summed E-state index contributed by atoms with van der Waals surface area (Å²) in [7, 11) is 0. The summed E-state index contributed by atoms with van der Waals surface area (Å²) in [6.07, 6.45) is 3.32. The van der Waals surface area contributed by atoms with E-state index in [-0.39, 0.29) is 17.9 Å². The van der Waals surface area contributed by atoms with Crippen molar-refractivity contribution in [2.45, 2.75) is 26.1 Å². The zero-order valence-corrected chi connectivity index (χ0v) is 20.4. The van der Waals surface area contributed by atoms with E-state index in [1.807, 2.05) is 79.7 Å². The van der Waals surface area contributed by atoms with Gasteiger partial charge in [-0.15, -0.1) is 0 Å². The molecule has 1 aliphatic heterocycles. The van der Waals surface area contributed by atoms with Crippen molar-refractivity contribution in [3.8, 4) is 5.75 Å². The van der Waals surface area contributed by atoms with Crippen LogP contribution in [-0.2, 0) is 22.7 Å². The van der Waals surface area contributed by atoms with Gasteiger partial charge in [0.15, 0.2) is 0 Å². The van der Waals surface area contributed by atoms with Gasteiger partial charge in [0, 0.05) is 24.5 Å². The van der Waals surface area contributed by atoms with Crippen LogP contribution in [-0.4, -0.2) is 26.7 Å². The minimum atomic E-state index is -0.790. The van der Waals surface area contributed by atoms with E-state index in [1.165, 1.54) is 4.90 Å². The molecule has 6 heteroatoms. The number of carbonyl (C=O) groups excluding carboxylic acids is 2. The third-order valence-corrected chi connectivity index (χ3v) is 6.36. The summed E-state index contributed by atoms with van der Waals surface area (Å²) in [6.45, 7) is 2.49. The van der Waals surface area contributed by atoms with E-state index in [0.717, 1.165) is 16.7 Å². The molecule has 184 valence electrons. The van der Waals surface area contributed by atoms with Crippen LogP contribution in [0.15, 0.2) is 109 Å². The highest BCUT2D eigenvalue weighted by molar-refractivity contribution is 6.46. The monoisotopic (exact) mass is 490 g/mol. The van der Waals surface area contributed by atoms with Gasteiger partial charge in [-0.1, -0.05) is 78.4 Å². The third-order valence-electron chi connectivity index (χ3n) is 6.36. The number of Topliss-reactive ketones (excluding diaryl/α,β-unsaturated/α-hetero) is 1. The number of rotatable bonds is 7. The van der Waals surface area contributed by atoms with E-state index in [9.17, 15) is 14.7 Å². The summed E-state index contributed by atoms with van der Waals surface area (Å²) in [6, 6.07) is 27.2. The van der Waals surface area contributed by atoms with Crippen molar-refractivity contribution in [2.75, 3.05) is 0 Å². The van der Waals surface area contributed by atoms with E-state index in [0.29, 0.717) is 23.5 Å². The fraction of sp³-hybridized carbons (Fsp3) is 0.129. The highest BCUT2D eigenvalue weighted by Gasteiger charge is 2.46. The van der Waals surface area contributed by atoms with Crippen LogP contribution in [0.25, 0.3) is 5.76 Å². The molecule has 37 heavy (non-hydrogen) atoms. The molecule has 4 aromatic rings. The highest BCUT2D eigenvalue weighted by Crippen LogP contribution is 2.41. The van der Waals surface area contributed by atoms with Crippen molar-refractivity contribution in [1.29, 1.82) is 0 Å². The van der Waals surface area contributed by atoms with Gasteiger partial charge in [-0.3, -0.25) is 14.6 Å². The molecule has 0 radical (unpaired) electrons. The first-order chi connectivity index (χ1) is 18.0. The lowest BCUT2D eigenvalue weighted by Crippen LogP contribution is -2.29. The molecule has 0 bridgehead atoms. The number of aryl methyl sites for hydroxylation is 1. The molecule has 3 aromatic carbocycles. The largest absolute Gasteiger partial charge is 0.507 e. The summed E-state index contributed by atoms with van der Waals surface area (Å²) < 4.78 is 6.02. The second-order valence-corrected chi connectivity index (χ2v) is 9.00. The maximum Gasteiger partial charge on any atom is 0.295 e. The number of aliphatic hydroxyl groups is 1. The Labute approximate surface area is 215 Å². The topological polar surface area (TPSA) is 79.7 Å². The van der Waals surface area contributed by atoms with Crippen molar-refractivity contribution in [1.82, 2.24) is 9.88 Å². The second kappa shape index (κ2) is 10.5. The number of benzene rings is 3. The summed E-state index contributed by atoms with van der Waals surface area (Å²) in [5.74, 6) is -0.989. The Morgan fingerprint density at radius 2 is 1.68 bits per heavy atom. The Bertz CT molecular complexity index is 1450. The van der Waals surface area contributed by atoms with Crippen LogP contribution in [0.1, 0.15) is 33.9 Å². The summed E-state index contributed by atoms with van der Waals surface area (Å²) in [5.41, 5.74) is 4.02. The van der Waals surface area contributed by atoms with Gasteiger partial charge >= 0.3 is 0 Å². The molecule has 2 heterocycles. The molecule has 0 aliphatic carbocycles. The van der Waals surface area contributed by atoms with Crippen molar-refractivity contribution >= 4 is 17.4 Å². The lowest BCUT2D eigenvalue weighted by Gasteiger charge is -2.25. The van der Waals surface area contributed by atoms with Crippen molar-refractivity contribution in [3.63, 3.8) is 0 Å². The first-order valence-electron chi connectivity index (χ1n) is 12.0. The SMILES string of the molecule is Cc1ccc(C(O)=C2C(=O)C(=O)N(Cc3cccnc3)[C@H]2c2cccc(OCc3ccccc3)c2)cc1. The maximum absolute atomic E-state index is 13.3. The molecule has 1 aromatic heterocycles. The molecule has 0 spiro atoms. The molecule has 0 unspecified atom stereocenters. The molecule has 0 saturated carbocycles. The molecule has 1 saturated heterocycles. The normalized spacial score (nSPS) is 16.7. The van der Waals surface area contributed by atoms with Gasteiger partial charge in [-0.25, -0.2) is 0 Å². The minimum absolute atomic E-state index is 0.0537. The lowest BCUT2D eigenvalue weighted by molar-refractivity contribution is -0.140. The molecule has 1 atom stereocenters. The molecule has 1 N–H and O–H groups in total. The summed E-state index contributed by atoms with van der Waals surface area (Å²) in [5, 5.41) is 11.3. The van der Waals surface area contributed by atoms with E-state index >= 15 is 0 Å². The average Bonchev–Trinajstić information content (AvgIpc) is 3.18. The van der Waals surface area contributed by atoms with Crippen molar-refractivity contribution < 1.29 is 19.4 Å². The summed E-state index contributed by atoms with van der Waals surface area (Å²) in [4.78, 5) is 32.2. The van der Waals surface area contributed by atoms with Crippen LogP contribution < -0.4 is 4.74 Å². The van der Waals surface area contributed by atoms with Crippen LogP contribution >= 0.6 is 0 Å². The molecule has 1 aliphatic rings. The zero-order chi connectivity index (χ0) is 25.8. The second-order valence-electron chi connectivity index (χ2n) is 9.00. The molecule has 1 amide bonds. The van der Waals surface area contributed by atoms with Gasteiger partial charge in [0.1, 0.15) is 18.1 Å². The predicted molar refractivity (Wildman–Crippen MR) is 140 cm³/mol. The van der Waals surface area contributed by atoms with Crippen molar-refractivity contribution in [3.05, 3.63) is 137 Å². The Morgan fingerprint density at radius 1 is 0.919 bits per heavy atom. The zero-order valence-electron chi connectivity index (χ0n) is 20.4. The number of aliphatic hydroxyl groups excluding tert-OH is 1. The molecular weight excluding hydrogens is 464 g/mol. The number of pyridine rings is 1. The first-order valence-corrected chi connectivity index (χ1v) is 12.0.